The maximum atomic E-state index is 12.1. The molecule has 0 atom stereocenters. The van der Waals surface area contributed by atoms with Crippen LogP contribution in [0.2, 0.25) is 0 Å². The van der Waals surface area contributed by atoms with E-state index in [-0.39, 0.29) is 18.0 Å². The molecule has 1 saturated heterocycles. The molecule has 0 saturated carbocycles. The van der Waals surface area contributed by atoms with E-state index in [2.05, 4.69) is 11.4 Å². The molecule has 2 heterocycles. The van der Waals surface area contributed by atoms with Crippen LogP contribution in [0.15, 0.2) is 17.5 Å². The lowest BCUT2D eigenvalue weighted by Crippen LogP contribution is -2.46. The van der Waals surface area contributed by atoms with Gasteiger partial charge in [-0.05, 0) is 37.6 Å². The van der Waals surface area contributed by atoms with E-state index in [0.29, 0.717) is 26.1 Å². The minimum atomic E-state index is -0.361. The zero-order chi connectivity index (χ0) is 15.1. The van der Waals surface area contributed by atoms with Crippen molar-refractivity contribution in [3.63, 3.8) is 0 Å². The second kappa shape index (κ2) is 8.02. The smallest absolute Gasteiger partial charge is 0.407 e. The third-order valence-electron chi connectivity index (χ3n) is 3.61. The van der Waals surface area contributed by atoms with Crippen molar-refractivity contribution in [2.45, 2.75) is 38.6 Å². The number of nitrogens with one attached hydrogen (secondary N) is 1. The summed E-state index contributed by atoms with van der Waals surface area (Å²) in [7, 11) is 0. The summed E-state index contributed by atoms with van der Waals surface area (Å²) < 4.78 is 4.87. The SMILES string of the molecule is CCOC(=O)NC1CCN(C(=O)CCc2cccs2)CC1. The average Bonchev–Trinajstić information content (AvgIpc) is 2.99. The van der Waals surface area contributed by atoms with Gasteiger partial charge in [0.2, 0.25) is 5.91 Å². The van der Waals surface area contributed by atoms with Crippen molar-refractivity contribution in [3.8, 4) is 0 Å². The monoisotopic (exact) mass is 310 g/mol. The molecular formula is C15H22N2O3S. The van der Waals surface area contributed by atoms with Gasteiger partial charge in [-0.15, -0.1) is 11.3 Å². The lowest BCUT2D eigenvalue weighted by Gasteiger charge is -2.32. The summed E-state index contributed by atoms with van der Waals surface area (Å²) in [5.41, 5.74) is 0. The van der Waals surface area contributed by atoms with Crippen LogP contribution in [-0.4, -0.2) is 42.6 Å². The standard InChI is InChI=1S/C15H22N2O3S/c1-2-20-15(19)16-12-7-9-17(10-8-12)14(18)6-5-13-4-3-11-21-13/h3-4,11-12H,2,5-10H2,1H3,(H,16,19). The molecule has 21 heavy (non-hydrogen) atoms. The highest BCUT2D eigenvalue weighted by atomic mass is 32.1. The summed E-state index contributed by atoms with van der Waals surface area (Å²) in [5, 5.41) is 4.87. The maximum Gasteiger partial charge on any atom is 0.407 e. The summed E-state index contributed by atoms with van der Waals surface area (Å²) in [6, 6.07) is 4.19. The number of aryl methyl sites for hydroxylation is 1. The lowest BCUT2D eigenvalue weighted by molar-refractivity contribution is -0.132. The first-order chi connectivity index (χ1) is 10.2. The Morgan fingerprint density at radius 3 is 2.81 bits per heavy atom. The molecule has 116 valence electrons. The number of likely N-dealkylation sites (tertiary alicyclic amines) is 1. The zero-order valence-electron chi connectivity index (χ0n) is 12.3. The molecule has 1 aliphatic rings. The third kappa shape index (κ3) is 5.04. The number of amides is 2. The van der Waals surface area contributed by atoms with Crippen LogP contribution in [-0.2, 0) is 16.0 Å². The van der Waals surface area contributed by atoms with E-state index >= 15 is 0 Å². The number of carbonyl (C=O) groups excluding carboxylic acids is 2. The topological polar surface area (TPSA) is 58.6 Å². The molecule has 1 N–H and O–H groups in total. The van der Waals surface area contributed by atoms with Gasteiger partial charge in [0.1, 0.15) is 0 Å². The van der Waals surface area contributed by atoms with Gasteiger partial charge in [-0.2, -0.15) is 0 Å². The molecule has 5 nitrogen and oxygen atoms in total. The van der Waals surface area contributed by atoms with Gasteiger partial charge >= 0.3 is 6.09 Å². The van der Waals surface area contributed by atoms with E-state index in [9.17, 15) is 9.59 Å². The Bertz CT molecular complexity index is 453. The van der Waals surface area contributed by atoms with Crippen LogP contribution in [0.4, 0.5) is 4.79 Å². The fourth-order valence-electron chi connectivity index (χ4n) is 2.46. The number of hydrogen-bond donors (Lipinski definition) is 1. The van der Waals surface area contributed by atoms with Crippen LogP contribution in [0, 0.1) is 0 Å². The van der Waals surface area contributed by atoms with Gasteiger partial charge in [-0.25, -0.2) is 4.79 Å². The quantitative estimate of drug-likeness (QED) is 0.908. The van der Waals surface area contributed by atoms with Crippen molar-refractivity contribution < 1.29 is 14.3 Å². The highest BCUT2D eigenvalue weighted by Crippen LogP contribution is 2.15. The highest BCUT2D eigenvalue weighted by Gasteiger charge is 2.23. The number of alkyl carbamates (subject to hydrolysis) is 1. The Balaban J connectivity index is 1.68. The number of thiophene rings is 1. The molecule has 2 amide bonds. The number of carbonyl (C=O) groups is 2. The van der Waals surface area contributed by atoms with Gasteiger partial charge in [-0.3, -0.25) is 4.79 Å². The number of nitrogens with zero attached hydrogens (tertiary/aromatic N) is 1. The molecule has 1 aromatic heterocycles. The van der Waals surface area contributed by atoms with Gasteiger partial charge in [-0.1, -0.05) is 6.07 Å². The van der Waals surface area contributed by atoms with Gasteiger partial charge in [0.15, 0.2) is 0 Å². The summed E-state index contributed by atoms with van der Waals surface area (Å²) >= 11 is 1.69. The molecule has 0 unspecified atom stereocenters. The van der Waals surface area contributed by atoms with Crippen molar-refractivity contribution >= 4 is 23.3 Å². The lowest BCUT2D eigenvalue weighted by atomic mass is 10.0. The largest absolute Gasteiger partial charge is 0.450 e. The molecule has 1 fully saturated rings. The minimum Gasteiger partial charge on any atom is -0.450 e. The normalized spacial score (nSPS) is 15.8. The van der Waals surface area contributed by atoms with Crippen LogP contribution in [0.25, 0.3) is 0 Å². The van der Waals surface area contributed by atoms with Crippen LogP contribution in [0.5, 0.6) is 0 Å². The predicted molar refractivity (Wildman–Crippen MR) is 82.4 cm³/mol. The predicted octanol–water partition coefficient (Wildman–Crippen LogP) is 2.42. The third-order valence-corrected chi connectivity index (χ3v) is 4.55. The fourth-order valence-corrected chi connectivity index (χ4v) is 3.16. The summed E-state index contributed by atoms with van der Waals surface area (Å²) in [5.74, 6) is 0.206. The molecule has 6 heteroatoms. The van der Waals surface area contributed by atoms with Crippen molar-refractivity contribution in [2.24, 2.45) is 0 Å². The van der Waals surface area contributed by atoms with E-state index in [1.165, 1.54) is 4.88 Å². The van der Waals surface area contributed by atoms with E-state index in [0.717, 1.165) is 19.3 Å². The van der Waals surface area contributed by atoms with Crippen molar-refractivity contribution in [2.75, 3.05) is 19.7 Å². The first-order valence-electron chi connectivity index (χ1n) is 7.42. The molecule has 0 aromatic carbocycles. The van der Waals surface area contributed by atoms with E-state index < -0.39 is 0 Å². The minimum absolute atomic E-state index is 0.116. The zero-order valence-corrected chi connectivity index (χ0v) is 13.2. The first-order valence-corrected chi connectivity index (χ1v) is 8.30. The Hall–Kier alpha value is -1.56. The summed E-state index contributed by atoms with van der Waals surface area (Å²) in [4.78, 5) is 26.6. The number of hydrogen-bond acceptors (Lipinski definition) is 4. The van der Waals surface area contributed by atoms with Gasteiger partial charge in [0.05, 0.1) is 6.61 Å². The van der Waals surface area contributed by atoms with Gasteiger partial charge in [0, 0.05) is 30.4 Å². The van der Waals surface area contributed by atoms with Crippen molar-refractivity contribution in [3.05, 3.63) is 22.4 Å². The first kappa shape index (κ1) is 15.8. The fraction of sp³-hybridized carbons (Fsp3) is 0.600. The molecule has 0 bridgehead atoms. The second-order valence-electron chi connectivity index (χ2n) is 5.10. The Labute approximate surface area is 129 Å². The molecular weight excluding hydrogens is 288 g/mol. The summed E-state index contributed by atoms with van der Waals surface area (Å²) in [6.45, 7) is 3.58. The number of ether oxygens (including phenoxy) is 1. The Kier molecular flexibility index (Phi) is 6.04. The van der Waals surface area contributed by atoms with Crippen LogP contribution in [0.3, 0.4) is 0 Å². The molecule has 0 radical (unpaired) electrons. The van der Waals surface area contributed by atoms with Crippen LogP contribution < -0.4 is 5.32 Å². The van der Waals surface area contributed by atoms with E-state index in [4.69, 9.17) is 4.74 Å². The average molecular weight is 310 g/mol. The summed E-state index contributed by atoms with van der Waals surface area (Å²) in [6.07, 6.45) is 2.61. The molecule has 0 aliphatic carbocycles. The molecule has 2 rings (SSSR count). The maximum absolute atomic E-state index is 12.1. The second-order valence-corrected chi connectivity index (χ2v) is 6.13. The molecule has 1 aromatic rings. The molecule has 0 spiro atoms. The van der Waals surface area contributed by atoms with E-state index in [1.807, 2.05) is 16.3 Å². The van der Waals surface area contributed by atoms with Crippen LogP contribution >= 0.6 is 11.3 Å². The molecule has 1 aliphatic heterocycles. The highest BCUT2D eigenvalue weighted by molar-refractivity contribution is 7.09. The number of piperidine rings is 1. The van der Waals surface area contributed by atoms with Crippen LogP contribution in [0.1, 0.15) is 31.1 Å². The Morgan fingerprint density at radius 2 is 2.19 bits per heavy atom. The van der Waals surface area contributed by atoms with Crippen molar-refractivity contribution in [1.29, 1.82) is 0 Å². The van der Waals surface area contributed by atoms with E-state index in [1.54, 1.807) is 18.3 Å². The van der Waals surface area contributed by atoms with Gasteiger partial charge in [0.25, 0.3) is 0 Å². The van der Waals surface area contributed by atoms with Gasteiger partial charge < -0.3 is 15.0 Å². The Morgan fingerprint density at radius 1 is 1.43 bits per heavy atom. The number of rotatable bonds is 5. The van der Waals surface area contributed by atoms with Crippen molar-refractivity contribution in [1.82, 2.24) is 10.2 Å².